The van der Waals surface area contributed by atoms with Crippen molar-refractivity contribution in [1.29, 1.82) is 0 Å². The summed E-state index contributed by atoms with van der Waals surface area (Å²) in [6.07, 6.45) is 1.76. The minimum atomic E-state index is -0.518. The number of carbonyl (C=O) groups excluding carboxylic acids is 2. The maximum Gasteiger partial charge on any atom is 0.410 e. The molecule has 0 aromatic heterocycles. The van der Waals surface area contributed by atoms with E-state index in [0.29, 0.717) is 32.2 Å². The average Bonchev–Trinajstić information content (AvgIpc) is 3.19. The Bertz CT molecular complexity index is 404. The second-order valence-electron chi connectivity index (χ2n) is 6.73. The Morgan fingerprint density at radius 1 is 1.29 bits per heavy atom. The van der Waals surface area contributed by atoms with E-state index in [1.807, 2.05) is 20.8 Å². The summed E-state index contributed by atoms with van der Waals surface area (Å²) in [5.41, 5.74) is 5.25. The Balaban J connectivity index is 1.90. The summed E-state index contributed by atoms with van der Waals surface area (Å²) in [5, 5.41) is 2.97. The van der Waals surface area contributed by atoms with Gasteiger partial charge in [-0.1, -0.05) is 0 Å². The number of ether oxygens (including phenoxy) is 1. The lowest BCUT2D eigenvalue weighted by Gasteiger charge is -2.41. The van der Waals surface area contributed by atoms with Crippen LogP contribution in [0.3, 0.4) is 0 Å². The van der Waals surface area contributed by atoms with Crippen LogP contribution in [0.25, 0.3) is 0 Å². The quantitative estimate of drug-likeness (QED) is 0.787. The van der Waals surface area contributed by atoms with Gasteiger partial charge >= 0.3 is 12.1 Å². The van der Waals surface area contributed by atoms with Crippen molar-refractivity contribution in [1.82, 2.24) is 15.1 Å². The van der Waals surface area contributed by atoms with Gasteiger partial charge in [0.25, 0.3) is 0 Å². The fraction of sp³-hybridized carbons (Fsp3) is 0.857. The number of rotatable bonds is 2. The normalized spacial score (nSPS) is 23.0. The monoisotopic (exact) mass is 298 g/mol. The number of carbonyl (C=O) groups is 2. The lowest BCUT2D eigenvalue weighted by Crippen LogP contribution is -2.61. The van der Waals surface area contributed by atoms with Crippen LogP contribution in [0.1, 0.15) is 33.6 Å². The molecule has 2 aliphatic rings. The van der Waals surface area contributed by atoms with Crippen molar-refractivity contribution in [2.24, 2.45) is 5.73 Å². The second kappa shape index (κ2) is 6.09. The summed E-state index contributed by atoms with van der Waals surface area (Å²) in [4.78, 5) is 27.6. The lowest BCUT2D eigenvalue weighted by molar-refractivity contribution is 0.00976. The molecule has 1 atom stereocenters. The molecule has 7 heteroatoms. The van der Waals surface area contributed by atoms with E-state index in [-0.39, 0.29) is 18.2 Å². The first-order chi connectivity index (χ1) is 9.80. The predicted molar refractivity (Wildman–Crippen MR) is 78.9 cm³/mol. The van der Waals surface area contributed by atoms with Crippen LogP contribution >= 0.6 is 0 Å². The molecule has 21 heavy (non-hydrogen) atoms. The highest BCUT2D eigenvalue weighted by molar-refractivity contribution is 5.76. The van der Waals surface area contributed by atoms with Crippen LogP contribution in [0.5, 0.6) is 0 Å². The number of amides is 3. The van der Waals surface area contributed by atoms with Crippen LogP contribution in [0, 0.1) is 0 Å². The van der Waals surface area contributed by atoms with E-state index in [0.717, 1.165) is 12.8 Å². The number of hydrogen-bond acceptors (Lipinski definition) is 4. The summed E-state index contributed by atoms with van der Waals surface area (Å²) in [6, 6.07) is 0.0848. The Labute approximate surface area is 125 Å². The molecule has 0 aromatic carbocycles. The van der Waals surface area contributed by atoms with Crippen LogP contribution < -0.4 is 11.1 Å². The van der Waals surface area contributed by atoms with Gasteiger partial charge in [-0.25, -0.2) is 9.59 Å². The fourth-order valence-electron chi connectivity index (χ4n) is 2.30. The van der Waals surface area contributed by atoms with Crippen molar-refractivity contribution >= 4 is 12.1 Å². The number of nitrogens with two attached hydrogens (primary N) is 1. The Morgan fingerprint density at radius 3 is 2.48 bits per heavy atom. The first-order valence-corrected chi connectivity index (χ1v) is 7.55. The number of nitrogens with zero attached hydrogens (tertiary/aromatic N) is 2. The van der Waals surface area contributed by atoms with Crippen molar-refractivity contribution in [3.8, 4) is 0 Å². The average molecular weight is 298 g/mol. The molecule has 120 valence electrons. The smallest absolute Gasteiger partial charge is 0.410 e. The summed E-state index contributed by atoms with van der Waals surface area (Å²) in [6.45, 7) is 7.23. The Kier molecular flexibility index (Phi) is 4.61. The number of nitrogens with one attached hydrogen (secondary N) is 1. The molecular formula is C14H26N4O3. The van der Waals surface area contributed by atoms with Gasteiger partial charge in [-0.05, 0) is 33.6 Å². The van der Waals surface area contributed by atoms with E-state index >= 15 is 0 Å². The van der Waals surface area contributed by atoms with Crippen molar-refractivity contribution < 1.29 is 14.3 Å². The molecule has 1 heterocycles. The van der Waals surface area contributed by atoms with Gasteiger partial charge in [0.05, 0.1) is 6.04 Å². The zero-order valence-corrected chi connectivity index (χ0v) is 13.1. The maximum atomic E-state index is 12.1. The van der Waals surface area contributed by atoms with Crippen LogP contribution in [-0.4, -0.2) is 65.8 Å². The topological polar surface area (TPSA) is 87.9 Å². The third-order valence-electron chi connectivity index (χ3n) is 3.57. The Hall–Kier alpha value is -1.50. The minimum absolute atomic E-state index is 0.0724. The van der Waals surface area contributed by atoms with Gasteiger partial charge < -0.3 is 25.6 Å². The van der Waals surface area contributed by atoms with Gasteiger partial charge in [0.2, 0.25) is 0 Å². The summed E-state index contributed by atoms with van der Waals surface area (Å²) in [7, 11) is 0. The van der Waals surface area contributed by atoms with Crippen LogP contribution in [-0.2, 0) is 4.74 Å². The second-order valence-corrected chi connectivity index (χ2v) is 6.73. The molecule has 0 spiro atoms. The highest BCUT2D eigenvalue weighted by atomic mass is 16.6. The molecule has 0 bridgehead atoms. The zero-order valence-electron chi connectivity index (χ0n) is 13.1. The molecule has 3 N–H and O–H groups in total. The van der Waals surface area contributed by atoms with Gasteiger partial charge in [0.15, 0.2) is 0 Å². The highest BCUT2D eigenvalue weighted by Crippen LogP contribution is 2.20. The first-order valence-electron chi connectivity index (χ1n) is 7.55. The number of hydrogen-bond donors (Lipinski definition) is 2. The Morgan fingerprint density at radius 2 is 1.95 bits per heavy atom. The van der Waals surface area contributed by atoms with Crippen LogP contribution in [0.4, 0.5) is 9.59 Å². The molecule has 1 aliphatic heterocycles. The van der Waals surface area contributed by atoms with E-state index in [4.69, 9.17) is 10.5 Å². The van der Waals surface area contributed by atoms with Crippen molar-refractivity contribution in [2.45, 2.75) is 51.3 Å². The van der Waals surface area contributed by atoms with Crippen molar-refractivity contribution in [3.63, 3.8) is 0 Å². The number of piperazine rings is 1. The molecule has 1 saturated carbocycles. The van der Waals surface area contributed by atoms with Gasteiger partial charge in [0, 0.05) is 32.2 Å². The van der Waals surface area contributed by atoms with Crippen molar-refractivity contribution in [2.75, 3.05) is 26.2 Å². The van der Waals surface area contributed by atoms with Gasteiger partial charge in [-0.2, -0.15) is 0 Å². The lowest BCUT2D eigenvalue weighted by atomic mass is 10.1. The van der Waals surface area contributed by atoms with E-state index in [1.54, 1.807) is 9.80 Å². The highest BCUT2D eigenvalue weighted by Gasteiger charge is 2.35. The third-order valence-corrected chi connectivity index (χ3v) is 3.57. The predicted octanol–water partition coefficient (Wildman–Crippen LogP) is 0.738. The number of urea groups is 1. The largest absolute Gasteiger partial charge is 0.444 e. The molecule has 7 nitrogen and oxygen atoms in total. The van der Waals surface area contributed by atoms with Crippen LogP contribution in [0.15, 0.2) is 0 Å². The van der Waals surface area contributed by atoms with Crippen molar-refractivity contribution in [3.05, 3.63) is 0 Å². The molecule has 0 radical (unpaired) electrons. The summed E-state index contributed by atoms with van der Waals surface area (Å²) >= 11 is 0. The molecular weight excluding hydrogens is 272 g/mol. The zero-order chi connectivity index (χ0) is 15.6. The van der Waals surface area contributed by atoms with Gasteiger partial charge in [0.1, 0.15) is 5.60 Å². The van der Waals surface area contributed by atoms with Gasteiger partial charge in [-0.3, -0.25) is 0 Å². The van der Waals surface area contributed by atoms with Gasteiger partial charge in [-0.15, -0.1) is 0 Å². The van der Waals surface area contributed by atoms with E-state index in [2.05, 4.69) is 5.32 Å². The molecule has 2 rings (SSSR count). The molecule has 2 fully saturated rings. The molecule has 3 amide bonds. The summed E-state index contributed by atoms with van der Waals surface area (Å²) < 4.78 is 5.37. The molecule has 0 aromatic rings. The molecule has 1 aliphatic carbocycles. The minimum Gasteiger partial charge on any atom is -0.444 e. The molecule has 1 saturated heterocycles. The third kappa shape index (κ3) is 4.49. The van der Waals surface area contributed by atoms with E-state index in [9.17, 15) is 9.59 Å². The maximum absolute atomic E-state index is 12.1. The molecule has 1 unspecified atom stereocenters. The fourth-order valence-corrected chi connectivity index (χ4v) is 2.30. The van der Waals surface area contributed by atoms with E-state index < -0.39 is 5.60 Å². The van der Waals surface area contributed by atoms with E-state index in [1.165, 1.54) is 0 Å². The SMILES string of the molecule is CC(C)(C)OC(=O)N1CCN(C(=O)NC2CC2)C(CN)C1. The summed E-state index contributed by atoms with van der Waals surface area (Å²) in [5.74, 6) is 0. The van der Waals surface area contributed by atoms with Crippen LogP contribution in [0.2, 0.25) is 0 Å². The first kappa shape index (κ1) is 15.9. The standard InChI is InChI=1S/C14H26N4O3/c1-14(2,3)21-13(20)17-6-7-18(11(8-15)9-17)12(19)16-10-4-5-10/h10-11H,4-9,15H2,1-3H3,(H,16,19).